The predicted molar refractivity (Wildman–Crippen MR) is 245 cm³/mol. The lowest BCUT2D eigenvalue weighted by Gasteiger charge is -2.32. The van der Waals surface area contributed by atoms with Gasteiger partial charge in [0.05, 0.1) is 32.3 Å². The summed E-state index contributed by atoms with van der Waals surface area (Å²) < 4.78 is 18.8. The van der Waals surface area contributed by atoms with Crippen LogP contribution in [0.25, 0.3) is 11.4 Å². The molecule has 0 saturated carbocycles. The molecule has 2 aromatic heterocycles. The van der Waals surface area contributed by atoms with Crippen LogP contribution in [0.5, 0.6) is 0 Å². The Kier molecular flexibility index (Phi) is 18.1. The molecule has 15 heteroatoms. The monoisotopic (exact) mass is 856 g/mol. The smallest absolute Gasteiger partial charge is 0.261 e. The van der Waals surface area contributed by atoms with Gasteiger partial charge in [0, 0.05) is 13.1 Å². The summed E-state index contributed by atoms with van der Waals surface area (Å²) in [6.45, 7) is 34.9. The van der Waals surface area contributed by atoms with Crippen LogP contribution in [-0.2, 0) is 21.9 Å². The van der Waals surface area contributed by atoms with Gasteiger partial charge < -0.3 is 22.1 Å². The molecule has 0 aliphatic carbocycles. The molecule has 7 nitrogen and oxygen atoms in total. The van der Waals surface area contributed by atoms with E-state index >= 15 is 0 Å². The number of hydrogen-bond donors (Lipinski definition) is 0. The van der Waals surface area contributed by atoms with Gasteiger partial charge in [0.2, 0.25) is 0 Å². The van der Waals surface area contributed by atoms with Gasteiger partial charge in [-0.25, -0.2) is 0 Å². The first kappa shape index (κ1) is 49.0. The quantitative estimate of drug-likeness (QED) is 0.157. The molecule has 0 N–H and O–H groups in total. The zero-order valence-electron chi connectivity index (χ0n) is 33.5. The van der Waals surface area contributed by atoms with Crippen molar-refractivity contribution in [2.24, 2.45) is 0 Å². The molecule has 2 aliphatic heterocycles. The third-order valence-electron chi connectivity index (χ3n) is 7.77. The molecule has 4 heterocycles. The van der Waals surface area contributed by atoms with Crippen LogP contribution in [0.1, 0.15) is 37.4 Å². The minimum absolute atomic E-state index is 0. The Hall–Kier alpha value is -0.999. The lowest BCUT2D eigenvalue weighted by atomic mass is 10.1. The lowest BCUT2D eigenvalue weighted by Crippen LogP contribution is -2.42. The topological polar surface area (TPSA) is 68.3 Å². The van der Waals surface area contributed by atoms with Crippen LogP contribution in [0.15, 0.2) is 46.2 Å². The van der Waals surface area contributed by atoms with E-state index in [0.29, 0.717) is 24.2 Å². The molecule has 2 aliphatic rings. The third kappa shape index (κ3) is 14.6. The largest absolute Gasteiger partial charge is 0.458 e. The highest BCUT2D eigenvalue weighted by atomic mass is 32.1. The summed E-state index contributed by atoms with van der Waals surface area (Å²) in [7, 11) is -8.89. The van der Waals surface area contributed by atoms with Crippen molar-refractivity contribution in [2.75, 3.05) is 13.1 Å². The van der Waals surface area contributed by atoms with E-state index in [0.717, 1.165) is 46.1 Å². The molecular formula is C37H72N2O5S2Si6. The second-order valence-electron chi connectivity index (χ2n) is 17.7. The minimum atomic E-state index is -1.86. The molecule has 0 aromatic carbocycles. The molecule has 296 valence electrons. The van der Waals surface area contributed by atoms with E-state index in [4.69, 9.17) is 12.3 Å². The SMILES string of the molecule is C.C.C[SiH](C)O[Si](C)(C)C.C[Si](C)(C)O[Si](C)(C)CCCN1C(=O)C2=C(c3cccs3)N(CCC[Si](C)(C)O[Si](C)(C)C)C(=O)C2=C1c1cccs1. The highest BCUT2D eigenvalue weighted by Gasteiger charge is 2.49. The summed E-state index contributed by atoms with van der Waals surface area (Å²) in [4.78, 5) is 34.3. The molecular weight excluding hydrogens is 785 g/mol. The van der Waals surface area contributed by atoms with Crippen LogP contribution in [0.2, 0.25) is 110 Å². The lowest BCUT2D eigenvalue weighted by molar-refractivity contribution is -0.124. The van der Waals surface area contributed by atoms with Gasteiger partial charge in [0.1, 0.15) is 0 Å². The molecule has 4 rings (SSSR count). The van der Waals surface area contributed by atoms with Crippen LogP contribution >= 0.6 is 22.7 Å². The van der Waals surface area contributed by atoms with Crippen LogP contribution in [-0.4, -0.2) is 85.3 Å². The number of hydrogen-bond acceptors (Lipinski definition) is 7. The zero-order chi connectivity index (χ0) is 37.9. The van der Waals surface area contributed by atoms with Gasteiger partial charge in [-0.3, -0.25) is 9.59 Å². The third-order valence-corrected chi connectivity index (χ3v) is 26.7. The summed E-state index contributed by atoms with van der Waals surface area (Å²) in [5, 5.41) is 4.04. The van der Waals surface area contributed by atoms with E-state index in [9.17, 15) is 9.59 Å². The maximum absolute atomic E-state index is 14.3. The van der Waals surface area contributed by atoms with E-state index in [2.05, 4.69) is 98.2 Å². The Morgan fingerprint density at radius 2 is 0.942 bits per heavy atom. The van der Waals surface area contributed by atoms with Gasteiger partial charge >= 0.3 is 0 Å². The fourth-order valence-corrected chi connectivity index (χ4v) is 30.3. The number of rotatable bonds is 16. The van der Waals surface area contributed by atoms with Crippen molar-refractivity contribution in [3.63, 3.8) is 0 Å². The molecule has 0 saturated heterocycles. The van der Waals surface area contributed by atoms with Gasteiger partial charge in [-0.05, 0) is 146 Å². The minimum Gasteiger partial charge on any atom is -0.458 e. The van der Waals surface area contributed by atoms with Crippen molar-refractivity contribution < 1.29 is 21.9 Å². The molecule has 2 aromatic rings. The Labute approximate surface area is 333 Å². The standard InChI is InChI=1S/C30H48N2O4S2Si4.C5H16OSi2.2CH4/c1-39(2,3)35-41(7,8)21-13-17-31-27(23-15-11-19-37-23)25-26(29(31)33)28(24-16-12-20-38-24)32(30(25)34)18-14-22-42(9,10)36-40(4,5)6;1-7(2)6-8(3,4)5;;/h11-12,15-16,19-20H,13-14,17-18,21-22H2,1-10H3;7H,1-5H3;2*1H4. The number of carbonyl (C=O) groups is 2. The fourth-order valence-electron chi connectivity index (χ4n) is 6.95. The van der Waals surface area contributed by atoms with Crippen molar-refractivity contribution in [3.05, 3.63) is 55.9 Å². The zero-order valence-corrected chi connectivity index (χ0v) is 41.3. The second-order valence-corrected chi connectivity index (χ2v) is 45.0. The molecule has 0 bridgehead atoms. The number of fused-ring (bicyclic) bond motifs is 1. The van der Waals surface area contributed by atoms with E-state index in [1.165, 1.54) is 0 Å². The summed E-state index contributed by atoms with van der Waals surface area (Å²) in [5.41, 5.74) is 2.73. The van der Waals surface area contributed by atoms with E-state index in [-0.39, 0.29) is 26.7 Å². The van der Waals surface area contributed by atoms with Crippen LogP contribution in [0.3, 0.4) is 0 Å². The van der Waals surface area contributed by atoms with Gasteiger partial charge in [0.15, 0.2) is 50.6 Å². The van der Waals surface area contributed by atoms with Gasteiger partial charge in [-0.2, -0.15) is 0 Å². The van der Waals surface area contributed by atoms with Crippen LogP contribution in [0.4, 0.5) is 0 Å². The van der Waals surface area contributed by atoms with Crippen LogP contribution in [0, 0.1) is 0 Å². The van der Waals surface area contributed by atoms with Crippen LogP contribution < -0.4 is 0 Å². The van der Waals surface area contributed by atoms with Crippen molar-refractivity contribution in [1.29, 1.82) is 0 Å². The first-order valence-corrected chi connectivity index (χ1v) is 39.1. The maximum Gasteiger partial charge on any atom is 0.261 e. The average molecular weight is 858 g/mol. The molecule has 0 unspecified atom stereocenters. The highest BCUT2D eigenvalue weighted by Crippen LogP contribution is 2.48. The van der Waals surface area contributed by atoms with E-state index in [1.807, 2.05) is 44.8 Å². The van der Waals surface area contributed by atoms with E-state index < -0.39 is 50.6 Å². The summed E-state index contributed by atoms with van der Waals surface area (Å²) in [5.74, 6) is -0.0926. The first-order valence-electron chi connectivity index (χ1n) is 18.1. The molecule has 0 spiro atoms. The fraction of sp³-hybridized carbons (Fsp3) is 0.622. The van der Waals surface area contributed by atoms with Gasteiger partial charge in [-0.15, -0.1) is 22.7 Å². The molecule has 0 fully saturated rings. The number of nitrogens with zero attached hydrogens (tertiary/aromatic N) is 2. The maximum atomic E-state index is 14.3. The first-order chi connectivity index (χ1) is 22.8. The molecule has 0 atom stereocenters. The Morgan fingerprint density at radius 3 is 1.17 bits per heavy atom. The molecule has 52 heavy (non-hydrogen) atoms. The van der Waals surface area contributed by atoms with Gasteiger partial charge in [-0.1, -0.05) is 27.0 Å². The molecule has 2 amide bonds. The Balaban J connectivity index is 0.00000121. The Morgan fingerprint density at radius 1 is 0.596 bits per heavy atom. The van der Waals surface area contributed by atoms with Crippen molar-refractivity contribution in [1.82, 2.24) is 9.80 Å². The average Bonchev–Trinajstić information content (AvgIpc) is 3.69. The highest BCUT2D eigenvalue weighted by molar-refractivity contribution is 7.11. The summed E-state index contributed by atoms with van der Waals surface area (Å²) >= 11 is 3.18. The second kappa shape index (κ2) is 19.2. The van der Waals surface area contributed by atoms with Crippen molar-refractivity contribution in [3.8, 4) is 0 Å². The van der Waals surface area contributed by atoms with Gasteiger partial charge in [0.25, 0.3) is 11.8 Å². The van der Waals surface area contributed by atoms with E-state index in [1.54, 1.807) is 22.7 Å². The van der Waals surface area contributed by atoms with Crippen molar-refractivity contribution >= 4 is 96.5 Å². The van der Waals surface area contributed by atoms with Crippen molar-refractivity contribution in [2.45, 2.75) is 138 Å². The Bertz CT molecular complexity index is 1420. The molecule has 0 radical (unpaired) electrons. The summed E-state index contributed by atoms with van der Waals surface area (Å²) in [6.07, 6.45) is 1.71. The normalized spacial score (nSPS) is 15.6. The number of thiophene rings is 2. The number of amides is 2. The number of carbonyl (C=O) groups excluding carboxylic acids is 2. The summed E-state index contributed by atoms with van der Waals surface area (Å²) in [6, 6.07) is 10.0. The predicted octanol–water partition coefficient (Wildman–Crippen LogP) is 11.6.